The Morgan fingerprint density at radius 2 is 1.89 bits per heavy atom. The highest BCUT2D eigenvalue weighted by Gasteiger charge is 2.05. The van der Waals surface area contributed by atoms with Gasteiger partial charge in [-0.1, -0.05) is 24.3 Å². The van der Waals surface area contributed by atoms with Crippen molar-refractivity contribution in [3.63, 3.8) is 0 Å². The summed E-state index contributed by atoms with van der Waals surface area (Å²) in [6.07, 6.45) is 4.42. The average Bonchev–Trinajstić information content (AvgIpc) is 2.46. The Bertz CT molecular complexity index is 512. The van der Waals surface area contributed by atoms with Crippen molar-refractivity contribution in [3.8, 4) is 0 Å². The molecule has 0 saturated heterocycles. The minimum Gasteiger partial charge on any atom is -0.392 e. The van der Waals surface area contributed by atoms with E-state index in [1.807, 2.05) is 24.3 Å². The van der Waals surface area contributed by atoms with Crippen molar-refractivity contribution in [2.24, 2.45) is 0 Å². The molecular formula is C13H13N3O2. The van der Waals surface area contributed by atoms with Crippen molar-refractivity contribution in [1.82, 2.24) is 15.3 Å². The van der Waals surface area contributed by atoms with Crippen LogP contribution in [0.15, 0.2) is 42.9 Å². The van der Waals surface area contributed by atoms with Crippen molar-refractivity contribution in [3.05, 3.63) is 59.7 Å². The molecule has 0 atom stereocenters. The highest BCUT2D eigenvalue weighted by molar-refractivity contribution is 5.91. The predicted molar refractivity (Wildman–Crippen MR) is 65.6 cm³/mol. The van der Waals surface area contributed by atoms with Gasteiger partial charge in [-0.25, -0.2) is 4.98 Å². The maximum absolute atomic E-state index is 11.7. The van der Waals surface area contributed by atoms with E-state index in [9.17, 15) is 4.79 Å². The zero-order valence-electron chi connectivity index (χ0n) is 9.71. The van der Waals surface area contributed by atoms with Crippen LogP contribution in [0.25, 0.3) is 0 Å². The topological polar surface area (TPSA) is 75.1 Å². The number of nitrogens with one attached hydrogen (secondary N) is 1. The lowest BCUT2D eigenvalue weighted by molar-refractivity contribution is 0.0945. The van der Waals surface area contributed by atoms with E-state index in [-0.39, 0.29) is 12.5 Å². The molecule has 18 heavy (non-hydrogen) atoms. The monoisotopic (exact) mass is 243 g/mol. The molecule has 0 spiro atoms. The van der Waals surface area contributed by atoms with Crippen LogP contribution in [-0.2, 0) is 13.2 Å². The molecule has 5 heteroatoms. The maximum atomic E-state index is 11.7. The van der Waals surface area contributed by atoms with Crippen LogP contribution in [0.2, 0.25) is 0 Å². The van der Waals surface area contributed by atoms with E-state index >= 15 is 0 Å². The fraction of sp³-hybridized carbons (Fsp3) is 0.154. The Kier molecular flexibility index (Phi) is 3.98. The number of rotatable bonds is 4. The fourth-order valence-electron chi connectivity index (χ4n) is 1.45. The summed E-state index contributed by atoms with van der Waals surface area (Å²) in [6, 6.07) is 7.37. The van der Waals surface area contributed by atoms with Gasteiger partial charge in [0, 0.05) is 18.9 Å². The van der Waals surface area contributed by atoms with Gasteiger partial charge < -0.3 is 10.4 Å². The molecule has 0 fully saturated rings. The predicted octanol–water partition coefficient (Wildman–Crippen LogP) is 0.899. The van der Waals surface area contributed by atoms with E-state index in [0.29, 0.717) is 12.2 Å². The Labute approximate surface area is 105 Å². The summed E-state index contributed by atoms with van der Waals surface area (Å²) in [4.78, 5) is 19.4. The molecule has 5 nitrogen and oxygen atoms in total. The number of carbonyl (C=O) groups is 1. The molecule has 0 radical (unpaired) electrons. The van der Waals surface area contributed by atoms with E-state index < -0.39 is 0 Å². The van der Waals surface area contributed by atoms with Crippen molar-refractivity contribution in [2.45, 2.75) is 13.2 Å². The summed E-state index contributed by atoms with van der Waals surface area (Å²) in [5.41, 5.74) is 2.10. The average molecular weight is 243 g/mol. The van der Waals surface area contributed by atoms with Gasteiger partial charge in [-0.2, -0.15) is 0 Å². The number of amides is 1. The number of hydrogen-bond acceptors (Lipinski definition) is 4. The highest BCUT2D eigenvalue weighted by Crippen LogP contribution is 2.04. The quantitative estimate of drug-likeness (QED) is 0.836. The normalized spacial score (nSPS) is 10.1. The molecule has 1 aromatic heterocycles. The number of benzene rings is 1. The van der Waals surface area contributed by atoms with Crippen molar-refractivity contribution in [1.29, 1.82) is 0 Å². The van der Waals surface area contributed by atoms with Crippen LogP contribution < -0.4 is 5.32 Å². The first-order valence-electron chi connectivity index (χ1n) is 5.52. The SMILES string of the molecule is O=C(NCc1ccc(CO)cc1)c1cnccn1. The second-order valence-corrected chi connectivity index (χ2v) is 3.75. The Balaban J connectivity index is 1.93. The lowest BCUT2D eigenvalue weighted by atomic mass is 10.1. The number of nitrogens with zero attached hydrogens (tertiary/aromatic N) is 2. The van der Waals surface area contributed by atoms with E-state index in [1.165, 1.54) is 18.6 Å². The first-order valence-corrected chi connectivity index (χ1v) is 5.52. The zero-order chi connectivity index (χ0) is 12.8. The van der Waals surface area contributed by atoms with Crippen LogP contribution in [0, 0.1) is 0 Å². The minimum atomic E-state index is -0.255. The summed E-state index contributed by atoms with van der Waals surface area (Å²) in [5, 5.41) is 11.7. The summed E-state index contributed by atoms with van der Waals surface area (Å²) < 4.78 is 0. The minimum absolute atomic E-state index is 0.0201. The molecule has 0 bridgehead atoms. The molecule has 0 unspecified atom stereocenters. The molecule has 0 saturated carbocycles. The molecule has 1 aromatic carbocycles. The third kappa shape index (κ3) is 3.11. The third-order valence-electron chi connectivity index (χ3n) is 2.45. The fourth-order valence-corrected chi connectivity index (χ4v) is 1.45. The van der Waals surface area contributed by atoms with Crippen LogP contribution in [-0.4, -0.2) is 21.0 Å². The summed E-state index contributed by atoms with van der Waals surface area (Å²) >= 11 is 0. The molecule has 1 heterocycles. The van der Waals surface area contributed by atoms with Gasteiger partial charge in [0.25, 0.3) is 5.91 Å². The van der Waals surface area contributed by atoms with Crippen LogP contribution in [0.5, 0.6) is 0 Å². The van der Waals surface area contributed by atoms with Crippen LogP contribution in [0.3, 0.4) is 0 Å². The number of aromatic nitrogens is 2. The van der Waals surface area contributed by atoms with Crippen molar-refractivity contribution < 1.29 is 9.90 Å². The number of carbonyl (C=O) groups excluding carboxylic acids is 1. The van der Waals surface area contributed by atoms with Gasteiger partial charge in [-0.3, -0.25) is 9.78 Å². The van der Waals surface area contributed by atoms with Crippen molar-refractivity contribution >= 4 is 5.91 Å². The van der Waals surface area contributed by atoms with Gasteiger partial charge >= 0.3 is 0 Å². The molecule has 92 valence electrons. The van der Waals surface area contributed by atoms with E-state index in [2.05, 4.69) is 15.3 Å². The summed E-state index contributed by atoms with van der Waals surface area (Å²) in [5.74, 6) is -0.255. The molecular weight excluding hydrogens is 230 g/mol. The van der Waals surface area contributed by atoms with Gasteiger partial charge in [-0.15, -0.1) is 0 Å². The Morgan fingerprint density at radius 3 is 2.50 bits per heavy atom. The number of aliphatic hydroxyl groups excluding tert-OH is 1. The standard InChI is InChI=1S/C13H13N3O2/c17-9-11-3-1-10(2-4-11)7-16-13(18)12-8-14-5-6-15-12/h1-6,8,17H,7,9H2,(H,16,18). The van der Waals surface area contributed by atoms with Crippen LogP contribution in [0.4, 0.5) is 0 Å². The largest absolute Gasteiger partial charge is 0.392 e. The van der Waals surface area contributed by atoms with Crippen LogP contribution in [0.1, 0.15) is 21.6 Å². The van der Waals surface area contributed by atoms with Crippen molar-refractivity contribution in [2.75, 3.05) is 0 Å². The molecule has 0 aliphatic heterocycles. The van der Waals surface area contributed by atoms with E-state index in [1.54, 1.807) is 0 Å². The van der Waals surface area contributed by atoms with Gasteiger partial charge in [0.15, 0.2) is 0 Å². The Morgan fingerprint density at radius 1 is 1.17 bits per heavy atom. The van der Waals surface area contributed by atoms with Crippen LogP contribution >= 0.6 is 0 Å². The van der Waals surface area contributed by atoms with Gasteiger partial charge in [0.1, 0.15) is 5.69 Å². The molecule has 1 amide bonds. The van der Waals surface area contributed by atoms with E-state index in [0.717, 1.165) is 11.1 Å². The van der Waals surface area contributed by atoms with E-state index in [4.69, 9.17) is 5.11 Å². The maximum Gasteiger partial charge on any atom is 0.271 e. The number of aliphatic hydroxyl groups is 1. The molecule has 2 rings (SSSR count). The Hall–Kier alpha value is -2.27. The molecule has 2 N–H and O–H groups in total. The smallest absolute Gasteiger partial charge is 0.271 e. The molecule has 0 aliphatic carbocycles. The first-order chi connectivity index (χ1) is 8.79. The highest BCUT2D eigenvalue weighted by atomic mass is 16.3. The second-order valence-electron chi connectivity index (χ2n) is 3.75. The third-order valence-corrected chi connectivity index (χ3v) is 2.45. The molecule has 0 aliphatic rings. The first kappa shape index (κ1) is 12.2. The van der Waals surface area contributed by atoms with Gasteiger partial charge in [0.2, 0.25) is 0 Å². The summed E-state index contributed by atoms with van der Waals surface area (Å²) in [7, 11) is 0. The summed E-state index contributed by atoms with van der Waals surface area (Å²) in [6.45, 7) is 0.438. The van der Waals surface area contributed by atoms with Gasteiger partial charge in [0.05, 0.1) is 12.8 Å². The number of hydrogen-bond donors (Lipinski definition) is 2. The molecule has 2 aromatic rings. The second kappa shape index (κ2) is 5.88. The lowest BCUT2D eigenvalue weighted by Crippen LogP contribution is -2.23. The van der Waals surface area contributed by atoms with Gasteiger partial charge in [-0.05, 0) is 11.1 Å². The lowest BCUT2D eigenvalue weighted by Gasteiger charge is -2.05. The zero-order valence-corrected chi connectivity index (χ0v) is 9.71.